The van der Waals surface area contributed by atoms with Gasteiger partial charge in [-0.25, -0.2) is 0 Å². The van der Waals surface area contributed by atoms with Gasteiger partial charge in [0.1, 0.15) is 5.75 Å². The molecule has 1 aromatic carbocycles. The highest BCUT2D eigenvalue weighted by Crippen LogP contribution is 2.28. The zero-order valence-corrected chi connectivity index (χ0v) is 14.0. The van der Waals surface area contributed by atoms with Crippen LogP contribution in [0, 0.1) is 0 Å². The van der Waals surface area contributed by atoms with Gasteiger partial charge < -0.3 is 15.8 Å². The first-order valence-electron chi connectivity index (χ1n) is 6.87. The van der Waals surface area contributed by atoms with E-state index >= 15 is 0 Å². The Morgan fingerprint density at radius 1 is 1.40 bits per heavy atom. The first-order chi connectivity index (χ1) is 9.35. The van der Waals surface area contributed by atoms with Crippen molar-refractivity contribution in [3.05, 3.63) is 28.2 Å². The van der Waals surface area contributed by atoms with Crippen molar-refractivity contribution in [2.75, 3.05) is 0 Å². The highest BCUT2D eigenvalue weighted by molar-refractivity contribution is 9.10. The predicted molar refractivity (Wildman–Crippen MR) is 84.7 cm³/mol. The average Bonchev–Trinajstić information content (AvgIpc) is 2.38. The van der Waals surface area contributed by atoms with Crippen LogP contribution >= 0.6 is 15.9 Å². The molecule has 0 aliphatic carbocycles. The number of carbonyl (C=O) groups excluding carboxylic acids is 1. The summed E-state index contributed by atoms with van der Waals surface area (Å²) in [5, 5.41) is 2.91. The molecule has 0 heterocycles. The van der Waals surface area contributed by atoms with Gasteiger partial charge in [0, 0.05) is 22.1 Å². The van der Waals surface area contributed by atoms with E-state index in [0.717, 1.165) is 16.5 Å². The molecular formula is C15H23BrN2O2. The summed E-state index contributed by atoms with van der Waals surface area (Å²) in [5.74, 6) is 0.524. The zero-order valence-electron chi connectivity index (χ0n) is 12.4. The number of carbonyl (C=O) groups is 1. The molecule has 112 valence electrons. The average molecular weight is 343 g/mol. The normalized spacial score (nSPS) is 15.3. The van der Waals surface area contributed by atoms with Gasteiger partial charge in [0.05, 0.1) is 0 Å². The monoisotopic (exact) mass is 342 g/mol. The quantitative estimate of drug-likeness (QED) is 0.834. The van der Waals surface area contributed by atoms with E-state index < -0.39 is 6.10 Å². The Kier molecular flexibility index (Phi) is 6.49. The van der Waals surface area contributed by atoms with Crippen LogP contribution in [0.4, 0.5) is 0 Å². The van der Waals surface area contributed by atoms with Crippen molar-refractivity contribution in [1.29, 1.82) is 0 Å². The van der Waals surface area contributed by atoms with Gasteiger partial charge in [0.25, 0.3) is 5.91 Å². The molecule has 4 nitrogen and oxygen atoms in total. The number of hydrogen-bond donors (Lipinski definition) is 2. The highest BCUT2D eigenvalue weighted by atomic mass is 79.9. The fourth-order valence-corrected chi connectivity index (χ4v) is 2.03. The number of nitrogens with two attached hydrogens (primary N) is 1. The standard InChI is InChI=1S/C15H23BrN2O2/c1-5-9(2)18-15(19)11(4)20-14-8-12(16)6-7-13(14)10(3)17/h6-11H,5,17H2,1-4H3,(H,18,19). The van der Waals surface area contributed by atoms with Crippen LogP contribution in [0.3, 0.4) is 0 Å². The molecule has 0 aliphatic heterocycles. The number of amides is 1. The predicted octanol–water partition coefficient (Wildman–Crippen LogP) is 3.15. The summed E-state index contributed by atoms with van der Waals surface area (Å²) in [5.41, 5.74) is 6.81. The van der Waals surface area contributed by atoms with Crippen molar-refractivity contribution in [2.45, 2.75) is 52.3 Å². The van der Waals surface area contributed by atoms with Crippen molar-refractivity contribution in [2.24, 2.45) is 5.73 Å². The third-order valence-electron chi connectivity index (χ3n) is 3.14. The van der Waals surface area contributed by atoms with Gasteiger partial charge in [-0.3, -0.25) is 4.79 Å². The lowest BCUT2D eigenvalue weighted by atomic mass is 10.1. The van der Waals surface area contributed by atoms with E-state index in [1.54, 1.807) is 6.92 Å². The van der Waals surface area contributed by atoms with Gasteiger partial charge in [-0.1, -0.05) is 28.9 Å². The van der Waals surface area contributed by atoms with E-state index in [9.17, 15) is 4.79 Å². The van der Waals surface area contributed by atoms with E-state index in [2.05, 4.69) is 21.2 Å². The Morgan fingerprint density at radius 3 is 2.60 bits per heavy atom. The number of ether oxygens (including phenoxy) is 1. The number of halogens is 1. The molecule has 3 atom stereocenters. The summed E-state index contributed by atoms with van der Waals surface area (Å²) in [6.45, 7) is 7.62. The van der Waals surface area contributed by atoms with Crippen molar-refractivity contribution >= 4 is 21.8 Å². The maximum absolute atomic E-state index is 12.0. The van der Waals surface area contributed by atoms with Crippen LogP contribution in [-0.2, 0) is 4.79 Å². The van der Waals surface area contributed by atoms with Gasteiger partial charge in [-0.15, -0.1) is 0 Å². The third-order valence-corrected chi connectivity index (χ3v) is 3.63. The zero-order chi connectivity index (χ0) is 15.3. The molecule has 1 aromatic rings. The summed E-state index contributed by atoms with van der Waals surface area (Å²) in [7, 11) is 0. The second kappa shape index (κ2) is 7.64. The Labute approximate surface area is 129 Å². The van der Waals surface area contributed by atoms with Crippen molar-refractivity contribution in [3.8, 4) is 5.75 Å². The van der Waals surface area contributed by atoms with E-state index in [0.29, 0.717) is 5.75 Å². The smallest absolute Gasteiger partial charge is 0.260 e. The molecule has 0 bridgehead atoms. The van der Waals surface area contributed by atoms with E-state index in [-0.39, 0.29) is 18.0 Å². The van der Waals surface area contributed by atoms with Gasteiger partial charge in [-0.2, -0.15) is 0 Å². The number of nitrogens with one attached hydrogen (secondary N) is 1. The van der Waals surface area contributed by atoms with Crippen LogP contribution in [0.5, 0.6) is 5.75 Å². The van der Waals surface area contributed by atoms with Gasteiger partial charge in [-0.05, 0) is 39.3 Å². The molecule has 0 aromatic heterocycles. The van der Waals surface area contributed by atoms with Gasteiger partial charge >= 0.3 is 0 Å². The molecule has 1 rings (SSSR count). The second-order valence-corrected chi connectivity index (χ2v) is 5.96. The summed E-state index contributed by atoms with van der Waals surface area (Å²) >= 11 is 3.40. The Morgan fingerprint density at radius 2 is 2.05 bits per heavy atom. The minimum Gasteiger partial charge on any atom is -0.481 e. The molecule has 20 heavy (non-hydrogen) atoms. The molecule has 0 radical (unpaired) electrons. The fraction of sp³-hybridized carbons (Fsp3) is 0.533. The number of hydrogen-bond acceptors (Lipinski definition) is 3. The third kappa shape index (κ3) is 4.80. The van der Waals surface area contributed by atoms with Crippen molar-refractivity contribution in [1.82, 2.24) is 5.32 Å². The Bertz CT molecular complexity index is 463. The summed E-state index contributed by atoms with van der Waals surface area (Å²) < 4.78 is 6.67. The molecule has 0 fully saturated rings. The Hall–Kier alpha value is -1.07. The number of rotatable bonds is 6. The molecule has 1 amide bonds. The van der Waals surface area contributed by atoms with Crippen LogP contribution in [0.15, 0.2) is 22.7 Å². The maximum Gasteiger partial charge on any atom is 0.260 e. The molecular weight excluding hydrogens is 320 g/mol. The molecule has 0 saturated heterocycles. The SMILES string of the molecule is CCC(C)NC(=O)C(C)Oc1cc(Br)ccc1C(C)N. The second-order valence-electron chi connectivity index (χ2n) is 5.05. The lowest BCUT2D eigenvalue weighted by Gasteiger charge is -2.20. The topological polar surface area (TPSA) is 64.3 Å². The van der Waals surface area contributed by atoms with Crippen LogP contribution in [0.2, 0.25) is 0 Å². The first kappa shape index (κ1) is 17.0. The Balaban J connectivity index is 2.81. The molecule has 0 aliphatic rings. The summed E-state index contributed by atoms with van der Waals surface area (Å²) in [4.78, 5) is 12.0. The lowest BCUT2D eigenvalue weighted by molar-refractivity contribution is -0.127. The highest BCUT2D eigenvalue weighted by Gasteiger charge is 2.18. The molecule has 5 heteroatoms. The van der Waals surface area contributed by atoms with Crippen LogP contribution < -0.4 is 15.8 Å². The van der Waals surface area contributed by atoms with Crippen molar-refractivity contribution < 1.29 is 9.53 Å². The fourth-order valence-electron chi connectivity index (χ4n) is 1.69. The van der Waals surface area contributed by atoms with Crippen LogP contribution in [0.25, 0.3) is 0 Å². The van der Waals surface area contributed by atoms with E-state index in [4.69, 9.17) is 10.5 Å². The summed E-state index contributed by atoms with van der Waals surface area (Å²) in [6, 6.07) is 5.65. The maximum atomic E-state index is 12.0. The summed E-state index contributed by atoms with van der Waals surface area (Å²) in [6.07, 6.45) is 0.330. The minimum absolute atomic E-state index is 0.116. The lowest BCUT2D eigenvalue weighted by Crippen LogP contribution is -2.41. The molecule has 0 saturated carbocycles. The largest absolute Gasteiger partial charge is 0.481 e. The molecule has 3 N–H and O–H groups in total. The molecule has 3 unspecified atom stereocenters. The first-order valence-corrected chi connectivity index (χ1v) is 7.66. The van der Waals surface area contributed by atoms with Gasteiger partial charge in [0.2, 0.25) is 0 Å². The minimum atomic E-state index is -0.559. The van der Waals surface area contributed by atoms with Crippen LogP contribution in [0.1, 0.15) is 45.7 Å². The van der Waals surface area contributed by atoms with Crippen LogP contribution in [-0.4, -0.2) is 18.1 Å². The van der Waals surface area contributed by atoms with E-state index in [1.165, 1.54) is 0 Å². The van der Waals surface area contributed by atoms with E-state index in [1.807, 2.05) is 39.0 Å². The van der Waals surface area contributed by atoms with Crippen molar-refractivity contribution in [3.63, 3.8) is 0 Å². The molecule has 0 spiro atoms. The number of benzene rings is 1. The van der Waals surface area contributed by atoms with Gasteiger partial charge in [0.15, 0.2) is 6.10 Å².